The molecule has 0 saturated carbocycles. The number of aliphatic hydroxyl groups excluding tert-OH is 1. The largest absolute Gasteiger partial charge is 0.497 e. The minimum atomic E-state index is -0.286. The molecule has 1 N–H and O–H groups in total. The van der Waals surface area contributed by atoms with Crippen LogP contribution in [0.3, 0.4) is 0 Å². The van der Waals surface area contributed by atoms with Crippen LogP contribution in [0.25, 0.3) is 10.9 Å². The van der Waals surface area contributed by atoms with Crippen molar-refractivity contribution in [2.45, 2.75) is 18.0 Å². The molecule has 1 saturated heterocycles. The third kappa shape index (κ3) is 3.57. The van der Waals surface area contributed by atoms with Gasteiger partial charge in [-0.3, -0.25) is 9.69 Å². The van der Waals surface area contributed by atoms with E-state index < -0.39 is 0 Å². The molecule has 2 aromatic carbocycles. The number of carbonyl (C=O) groups excluding carboxylic acids is 1. The number of benzene rings is 2. The Balaban J connectivity index is 1.62. The van der Waals surface area contributed by atoms with Crippen molar-refractivity contribution in [1.82, 2.24) is 14.4 Å². The van der Waals surface area contributed by atoms with Gasteiger partial charge in [-0.25, -0.2) is 4.39 Å². The molecule has 180 valence electrons. The molecule has 0 bridgehead atoms. The van der Waals surface area contributed by atoms with E-state index in [1.807, 2.05) is 30.1 Å². The normalized spacial score (nSPS) is 19.3. The third-order valence-electron chi connectivity index (χ3n) is 7.30. The first kappa shape index (κ1) is 22.8. The number of aryl methyl sites for hydroxylation is 1. The van der Waals surface area contributed by atoms with Crippen molar-refractivity contribution in [2.75, 3.05) is 47.1 Å². The highest BCUT2D eigenvalue weighted by Crippen LogP contribution is 2.50. The van der Waals surface area contributed by atoms with E-state index in [2.05, 4.69) is 15.5 Å². The van der Waals surface area contributed by atoms with Crippen molar-refractivity contribution in [1.29, 1.82) is 0 Å². The Morgan fingerprint density at radius 1 is 1.18 bits per heavy atom. The number of carbonyl (C=O) groups is 1. The highest BCUT2D eigenvalue weighted by Gasteiger charge is 2.54. The second-order valence-electron chi connectivity index (χ2n) is 9.40. The van der Waals surface area contributed by atoms with E-state index in [0.717, 1.165) is 27.9 Å². The number of halogens is 1. The molecule has 1 aromatic heterocycles. The number of hydrogen-bond donors (Lipinski definition) is 1. The summed E-state index contributed by atoms with van der Waals surface area (Å²) in [6, 6.07) is 12.4. The van der Waals surface area contributed by atoms with Crippen molar-refractivity contribution in [3.05, 3.63) is 65.1 Å². The summed E-state index contributed by atoms with van der Waals surface area (Å²) in [6.07, 6.45) is 0. The lowest BCUT2D eigenvalue weighted by Crippen LogP contribution is -2.68. The number of fused-ring (bicyclic) bond motifs is 4. The second-order valence-corrected chi connectivity index (χ2v) is 9.40. The highest BCUT2D eigenvalue weighted by atomic mass is 19.1. The lowest BCUT2D eigenvalue weighted by molar-refractivity contribution is -0.144. The molecule has 0 unspecified atom stereocenters. The highest BCUT2D eigenvalue weighted by molar-refractivity contribution is 5.89. The van der Waals surface area contributed by atoms with Crippen LogP contribution in [0.4, 0.5) is 4.39 Å². The molecule has 8 heteroatoms. The van der Waals surface area contributed by atoms with E-state index >= 15 is 0 Å². The first-order chi connectivity index (χ1) is 16.4. The van der Waals surface area contributed by atoms with Gasteiger partial charge < -0.3 is 24.0 Å². The summed E-state index contributed by atoms with van der Waals surface area (Å²) >= 11 is 0. The molecule has 7 nitrogen and oxygen atoms in total. The standard InChI is InChI=1S/C26H30FN3O4/c1-28-21-10-19(34-3)7-8-20(21)24-25(28)22(12-31)29(11-17-5-4-6-18(27)9-17)14-26(24)15-30(16-26)23(32)13-33-2/h4-10,22,31H,11-16H2,1-3H3/t22-/m0/s1. The number of nitrogens with zero attached hydrogens (tertiary/aromatic N) is 3. The molecule has 2 aliphatic heterocycles. The van der Waals surface area contributed by atoms with Crippen LogP contribution in [-0.2, 0) is 28.5 Å². The molecule has 1 fully saturated rings. The Labute approximate surface area is 198 Å². The zero-order valence-corrected chi connectivity index (χ0v) is 19.8. The van der Waals surface area contributed by atoms with Crippen LogP contribution >= 0.6 is 0 Å². The van der Waals surface area contributed by atoms with Gasteiger partial charge in [0.2, 0.25) is 5.91 Å². The maximum Gasteiger partial charge on any atom is 0.248 e. The van der Waals surface area contributed by atoms with E-state index in [9.17, 15) is 14.3 Å². The maximum absolute atomic E-state index is 13.9. The van der Waals surface area contributed by atoms with Crippen molar-refractivity contribution < 1.29 is 23.8 Å². The predicted octanol–water partition coefficient (Wildman–Crippen LogP) is 2.60. The SMILES string of the molecule is COCC(=O)N1CC2(C1)CN(Cc1cccc(F)c1)[C@@H](CO)c1c2c2ccc(OC)cc2n1C. The fraction of sp³-hybridized carbons (Fsp3) is 0.423. The topological polar surface area (TPSA) is 67.2 Å². The summed E-state index contributed by atoms with van der Waals surface area (Å²) in [7, 11) is 5.18. The van der Waals surface area contributed by atoms with Gasteiger partial charge in [0.25, 0.3) is 0 Å². The van der Waals surface area contributed by atoms with Gasteiger partial charge in [-0.15, -0.1) is 0 Å². The number of likely N-dealkylation sites (tertiary alicyclic amines) is 1. The molecule has 3 aromatic rings. The molecule has 0 radical (unpaired) electrons. The van der Waals surface area contributed by atoms with Gasteiger partial charge in [0.05, 0.1) is 25.3 Å². The summed E-state index contributed by atoms with van der Waals surface area (Å²) in [4.78, 5) is 16.6. The molecular weight excluding hydrogens is 437 g/mol. The minimum Gasteiger partial charge on any atom is -0.497 e. The van der Waals surface area contributed by atoms with Crippen LogP contribution in [-0.4, -0.2) is 72.4 Å². The Hall–Kier alpha value is -2.94. The van der Waals surface area contributed by atoms with Gasteiger partial charge >= 0.3 is 0 Å². The van der Waals surface area contributed by atoms with Gasteiger partial charge in [-0.2, -0.15) is 0 Å². The molecule has 2 aliphatic rings. The number of amides is 1. The van der Waals surface area contributed by atoms with E-state index in [-0.39, 0.29) is 36.4 Å². The van der Waals surface area contributed by atoms with Gasteiger partial charge in [0.15, 0.2) is 0 Å². The zero-order valence-electron chi connectivity index (χ0n) is 19.8. The molecule has 1 amide bonds. The van der Waals surface area contributed by atoms with E-state index in [4.69, 9.17) is 9.47 Å². The van der Waals surface area contributed by atoms with Gasteiger partial charge in [-0.05, 0) is 35.4 Å². The van der Waals surface area contributed by atoms with E-state index in [0.29, 0.717) is 26.2 Å². The Morgan fingerprint density at radius 2 is 1.97 bits per heavy atom. The zero-order chi connectivity index (χ0) is 24.0. The summed E-state index contributed by atoms with van der Waals surface area (Å²) in [5.41, 5.74) is 3.81. The third-order valence-corrected chi connectivity index (χ3v) is 7.30. The lowest BCUT2D eigenvalue weighted by atomic mass is 9.68. The van der Waals surface area contributed by atoms with Crippen molar-refractivity contribution in [3.63, 3.8) is 0 Å². The quantitative estimate of drug-likeness (QED) is 0.604. The van der Waals surface area contributed by atoms with Crippen LogP contribution in [0.1, 0.15) is 22.9 Å². The average molecular weight is 468 g/mol. The first-order valence-corrected chi connectivity index (χ1v) is 11.4. The number of aromatic nitrogens is 1. The summed E-state index contributed by atoms with van der Waals surface area (Å²) in [5, 5.41) is 11.6. The maximum atomic E-state index is 13.9. The molecule has 1 atom stereocenters. The van der Waals surface area contributed by atoms with Gasteiger partial charge in [0.1, 0.15) is 18.2 Å². The minimum absolute atomic E-state index is 0.0301. The molecule has 34 heavy (non-hydrogen) atoms. The predicted molar refractivity (Wildman–Crippen MR) is 126 cm³/mol. The fourth-order valence-corrected chi connectivity index (χ4v) is 5.83. The number of aliphatic hydroxyl groups is 1. The Bertz CT molecular complexity index is 1230. The average Bonchev–Trinajstić information content (AvgIpc) is 3.09. The van der Waals surface area contributed by atoms with Gasteiger partial charge in [-0.1, -0.05) is 12.1 Å². The van der Waals surface area contributed by atoms with E-state index in [1.54, 1.807) is 13.2 Å². The summed E-state index contributed by atoms with van der Waals surface area (Å²) in [6.45, 7) is 2.30. The number of ether oxygens (including phenoxy) is 2. The monoisotopic (exact) mass is 467 g/mol. The molecule has 5 rings (SSSR count). The van der Waals surface area contributed by atoms with Crippen molar-refractivity contribution >= 4 is 16.8 Å². The van der Waals surface area contributed by atoms with E-state index in [1.165, 1.54) is 24.8 Å². The van der Waals surface area contributed by atoms with Crippen LogP contribution in [0, 0.1) is 5.82 Å². The van der Waals surface area contributed by atoms with Crippen molar-refractivity contribution in [2.24, 2.45) is 7.05 Å². The number of methoxy groups -OCH3 is 2. The van der Waals surface area contributed by atoms with Crippen LogP contribution in [0.15, 0.2) is 42.5 Å². The van der Waals surface area contributed by atoms with Crippen LogP contribution in [0.5, 0.6) is 5.75 Å². The number of hydrogen-bond acceptors (Lipinski definition) is 5. The smallest absolute Gasteiger partial charge is 0.248 e. The fourth-order valence-electron chi connectivity index (χ4n) is 5.83. The van der Waals surface area contributed by atoms with Crippen LogP contribution < -0.4 is 4.74 Å². The Kier molecular flexibility index (Phi) is 5.83. The van der Waals surface area contributed by atoms with Crippen molar-refractivity contribution in [3.8, 4) is 5.75 Å². The molecule has 1 spiro atoms. The lowest BCUT2D eigenvalue weighted by Gasteiger charge is -2.56. The second kappa shape index (κ2) is 8.69. The summed E-state index contributed by atoms with van der Waals surface area (Å²) in [5.74, 6) is 0.460. The van der Waals surface area contributed by atoms with Gasteiger partial charge in [0, 0.05) is 62.9 Å². The first-order valence-electron chi connectivity index (χ1n) is 11.4. The molecule has 0 aliphatic carbocycles. The molecular formula is C26H30FN3O4. The molecule has 3 heterocycles. The summed E-state index contributed by atoms with van der Waals surface area (Å²) < 4.78 is 26.6. The van der Waals surface area contributed by atoms with Crippen LogP contribution in [0.2, 0.25) is 0 Å². The number of rotatable bonds is 6. The Morgan fingerprint density at radius 3 is 2.65 bits per heavy atom.